The topological polar surface area (TPSA) is 60.4 Å². The molecular weight excluding hydrogens is 316 g/mol. The summed E-state index contributed by atoms with van der Waals surface area (Å²) in [6.07, 6.45) is 5.98. The molecule has 0 aromatic rings. The number of aldehydes is 1. The number of rotatable bonds is 3. The van der Waals surface area contributed by atoms with Crippen molar-refractivity contribution in [1.82, 2.24) is 0 Å². The molecule has 0 amide bonds. The number of hydrogen-bond donors (Lipinski definition) is 0. The fourth-order valence-electron chi connectivity index (χ4n) is 5.68. The molecule has 3 rings (SSSR count). The van der Waals surface area contributed by atoms with Gasteiger partial charge >= 0.3 is 5.97 Å². The summed E-state index contributed by atoms with van der Waals surface area (Å²) >= 11 is 0. The third kappa shape index (κ3) is 2.60. The van der Waals surface area contributed by atoms with Gasteiger partial charge in [-0.2, -0.15) is 0 Å². The second kappa shape index (κ2) is 6.37. The Labute approximate surface area is 150 Å². The molecule has 0 N–H and O–H groups in total. The van der Waals surface area contributed by atoms with Crippen LogP contribution in [0.4, 0.5) is 0 Å². The molecule has 138 valence electrons. The Morgan fingerprint density at radius 2 is 1.96 bits per heavy atom. The summed E-state index contributed by atoms with van der Waals surface area (Å²) in [5, 5.41) is 0. The van der Waals surface area contributed by atoms with E-state index in [1.165, 1.54) is 18.3 Å². The maximum atomic E-state index is 13.1. The van der Waals surface area contributed by atoms with Gasteiger partial charge < -0.3 is 9.53 Å². The predicted octanol–water partition coefficient (Wildman–Crippen LogP) is 3.88. The molecule has 4 nitrogen and oxygen atoms in total. The van der Waals surface area contributed by atoms with Crippen molar-refractivity contribution in [3.63, 3.8) is 0 Å². The lowest BCUT2D eigenvalue weighted by Gasteiger charge is -2.48. The molecule has 4 atom stereocenters. The highest BCUT2D eigenvalue weighted by molar-refractivity contribution is 5.90. The van der Waals surface area contributed by atoms with Gasteiger partial charge in [0, 0.05) is 17.8 Å². The molecule has 0 saturated heterocycles. The highest BCUT2D eigenvalue weighted by Gasteiger charge is 2.60. The number of carbonyl (C=O) groups is 3. The number of ketones is 1. The standard InChI is InChI=1S/C21H30O4/c1-13(2)15-7-8-21(19(24)25-4)10-9-20(3)16(18(15)21)6-5-14(12-22)11-17(20)23/h12-14,16H,5-11H2,1-4H3/t14?,16-,20-,21+/m1/s1. The molecule has 0 aliphatic heterocycles. The third-order valence-corrected chi connectivity index (χ3v) is 7.25. The van der Waals surface area contributed by atoms with E-state index < -0.39 is 10.8 Å². The van der Waals surface area contributed by atoms with Gasteiger partial charge in [0.1, 0.15) is 12.1 Å². The summed E-state index contributed by atoms with van der Waals surface area (Å²) in [6.45, 7) is 6.42. The van der Waals surface area contributed by atoms with Crippen LogP contribution in [0.1, 0.15) is 65.7 Å². The van der Waals surface area contributed by atoms with Crippen molar-refractivity contribution < 1.29 is 19.1 Å². The number of esters is 1. The second-order valence-electron chi connectivity index (χ2n) is 8.74. The Bertz CT molecular complexity index is 632. The largest absolute Gasteiger partial charge is 0.468 e. The van der Waals surface area contributed by atoms with Crippen molar-refractivity contribution in [3.05, 3.63) is 11.1 Å². The van der Waals surface area contributed by atoms with E-state index in [0.717, 1.165) is 32.0 Å². The Morgan fingerprint density at radius 3 is 2.56 bits per heavy atom. The van der Waals surface area contributed by atoms with Crippen LogP contribution in [0.25, 0.3) is 0 Å². The van der Waals surface area contributed by atoms with E-state index in [-0.39, 0.29) is 23.6 Å². The summed E-state index contributed by atoms with van der Waals surface area (Å²) in [5.74, 6) is 0.325. The Balaban J connectivity index is 2.14. The van der Waals surface area contributed by atoms with Gasteiger partial charge in [-0.15, -0.1) is 0 Å². The molecule has 0 bridgehead atoms. The summed E-state index contributed by atoms with van der Waals surface area (Å²) < 4.78 is 5.22. The zero-order valence-electron chi connectivity index (χ0n) is 15.9. The summed E-state index contributed by atoms with van der Waals surface area (Å²) in [7, 11) is 1.47. The predicted molar refractivity (Wildman–Crippen MR) is 94.8 cm³/mol. The fraction of sp³-hybridized carbons (Fsp3) is 0.762. The van der Waals surface area contributed by atoms with E-state index in [1.807, 2.05) is 0 Å². The SMILES string of the molecule is COC(=O)[C@]12CCC(C(C)C)=C1[C@H]1CCC(C=O)CC(=O)[C@]1(C)CC2. The molecule has 2 fully saturated rings. The van der Waals surface area contributed by atoms with Crippen LogP contribution in [0, 0.1) is 28.6 Å². The van der Waals surface area contributed by atoms with Gasteiger partial charge in [0.05, 0.1) is 12.5 Å². The maximum Gasteiger partial charge on any atom is 0.315 e. The first kappa shape index (κ1) is 18.3. The van der Waals surface area contributed by atoms with E-state index in [2.05, 4.69) is 20.8 Å². The number of carbonyl (C=O) groups excluding carboxylic acids is 3. The average molecular weight is 346 g/mol. The molecule has 0 aromatic carbocycles. The zero-order valence-corrected chi connectivity index (χ0v) is 15.9. The molecule has 0 spiro atoms. The van der Waals surface area contributed by atoms with Crippen LogP contribution >= 0.6 is 0 Å². The smallest absolute Gasteiger partial charge is 0.315 e. The van der Waals surface area contributed by atoms with Gasteiger partial charge in [0.15, 0.2) is 0 Å². The molecule has 0 radical (unpaired) electrons. The molecule has 1 unspecified atom stereocenters. The quantitative estimate of drug-likeness (QED) is 0.442. The molecule has 25 heavy (non-hydrogen) atoms. The lowest BCUT2D eigenvalue weighted by Crippen LogP contribution is -2.48. The minimum atomic E-state index is -0.542. The minimum absolute atomic E-state index is 0.0673. The molecular formula is C21H30O4. The van der Waals surface area contributed by atoms with Gasteiger partial charge in [-0.05, 0) is 55.9 Å². The average Bonchev–Trinajstić information content (AvgIpc) is 2.94. The lowest BCUT2D eigenvalue weighted by molar-refractivity contribution is -0.155. The fourth-order valence-corrected chi connectivity index (χ4v) is 5.68. The first-order chi connectivity index (χ1) is 11.8. The van der Waals surface area contributed by atoms with Gasteiger partial charge in [-0.1, -0.05) is 26.3 Å². The number of hydrogen-bond acceptors (Lipinski definition) is 4. The molecule has 0 heterocycles. The summed E-state index contributed by atoms with van der Waals surface area (Å²) in [6, 6.07) is 0. The van der Waals surface area contributed by atoms with Crippen molar-refractivity contribution in [1.29, 1.82) is 0 Å². The van der Waals surface area contributed by atoms with Gasteiger partial charge in [0.2, 0.25) is 0 Å². The number of ether oxygens (including phenoxy) is 1. The monoisotopic (exact) mass is 346 g/mol. The summed E-state index contributed by atoms with van der Waals surface area (Å²) in [5.41, 5.74) is 1.55. The van der Waals surface area contributed by atoms with Crippen LogP contribution in [-0.2, 0) is 19.1 Å². The molecule has 0 aromatic heterocycles. The van der Waals surface area contributed by atoms with Crippen LogP contribution in [-0.4, -0.2) is 25.1 Å². The van der Waals surface area contributed by atoms with E-state index in [1.54, 1.807) is 0 Å². The zero-order chi connectivity index (χ0) is 18.4. The van der Waals surface area contributed by atoms with Crippen LogP contribution in [0.15, 0.2) is 11.1 Å². The van der Waals surface area contributed by atoms with E-state index in [0.29, 0.717) is 25.2 Å². The van der Waals surface area contributed by atoms with Crippen molar-refractivity contribution in [2.24, 2.45) is 28.6 Å². The summed E-state index contributed by atoms with van der Waals surface area (Å²) in [4.78, 5) is 37.2. The Morgan fingerprint density at radius 1 is 1.24 bits per heavy atom. The van der Waals surface area contributed by atoms with E-state index in [4.69, 9.17) is 4.74 Å². The van der Waals surface area contributed by atoms with Gasteiger partial charge in [0.25, 0.3) is 0 Å². The van der Waals surface area contributed by atoms with E-state index >= 15 is 0 Å². The maximum absolute atomic E-state index is 13.1. The highest BCUT2D eigenvalue weighted by atomic mass is 16.5. The van der Waals surface area contributed by atoms with Crippen molar-refractivity contribution in [3.8, 4) is 0 Å². The number of Topliss-reactive ketones (excluding diaryl/α,β-unsaturated/α-hetero) is 1. The molecule has 3 aliphatic carbocycles. The van der Waals surface area contributed by atoms with Crippen LogP contribution in [0.5, 0.6) is 0 Å². The number of methoxy groups -OCH3 is 1. The van der Waals surface area contributed by atoms with Crippen LogP contribution < -0.4 is 0 Å². The van der Waals surface area contributed by atoms with Crippen molar-refractivity contribution >= 4 is 18.0 Å². The molecule has 2 saturated carbocycles. The van der Waals surface area contributed by atoms with Crippen molar-refractivity contribution in [2.75, 3.05) is 7.11 Å². The second-order valence-corrected chi connectivity index (χ2v) is 8.74. The first-order valence-electron chi connectivity index (χ1n) is 9.60. The van der Waals surface area contributed by atoms with Gasteiger partial charge in [-0.3, -0.25) is 9.59 Å². The van der Waals surface area contributed by atoms with Crippen molar-refractivity contribution in [2.45, 2.75) is 65.7 Å². The van der Waals surface area contributed by atoms with Crippen LogP contribution in [0.3, 0.4) is 0 Å². The first-order valence-corrected chi connectivity index (χ1v) is 9.60. The number of allylic oxidation sites excluding steroid dienone is 1. The molecule has 4 heteroatoms. The number of fused-ring (bicyclic) bond motifs is 3. The molecule has 3 aliphatic rings. The van der Waals surface area contributed by atoms with E-state index in [9.17, 15) is 14.4 Å². The third-order valence-electron chi connectivity index (χ3n) is 7.25. The highest BCUT2D eigenvalue weighted by Crippen LogP contribution is 2.63. The van der Waals surface area contributed by atoms with Gasteiger partial charge in [-0.25, -0.2) is 0 Å². The minimum Gasteiger partial charge on any atom is -0.468 e. The normalized spacial score (nSPS) is 38.2. The Kier molecular flexibility index (Phi) is 4.67. The van der Waals surface area contributed by atoms with Crippen LogP contribution in [0.2, 0.25) is 0 Å². The Hall–Kier alpha value is -1.45. The lowest BCUT2D eigenvalue weighted by atomic mass is 9.54.